The van der Waals surface area contributed by atoms with E-state index in [2.05, 4.69) is 33.9 Å². The molecule has 0 spiro atoms. The van der Waals surface area contributed by atoms with Gasteiger partial charge < -0.3 is 20.3 Å². The molecule has 1 fully saturated rings. The second-order valence-electron chi connectivity index (χ2n) is 5.31. The molecule has 1 aliphatic rings. The lowest BCUT2D eigenvalue weighted by molar-refractivity contribution is 0.0680. The highest BCUT2D eigenvalue weighted by molar-refractivity contribution is 5.36. The van der Waals surface area contributed by atoms with Gasteiger partial charge in [0.25, 0.3) is 0 Å². The van der Waals surface area contributed by atoms with Gasteiger partial charge in [0.05, 0.1) is 7.11 Å². The molecular formula is C12H22N6O. The van der Waals surface area contributed by atoms with Crippen molar-refractivity contribution in [3.05, 3.63) is 0 Å². The maximum Gasteiger partial charge on any atom is 0.322 e. The fourth-order valence-electron chi connectivity index (χ4n) is 2.47. The Morgan fingerprint density at radius 2 is 1.89 bits per heavy atom. The summed E-state index contributed by atoms with van der Waals surface area (Å²) in [6.07, 6.45) is 3.67. The molecule has 106 valence electrons. The Labute approximate surface area is 113 Å². The molecule has 19 heavy (non-hydrogen) atoms. The monoisotopic (exact) mass is 266 g/mol. The van der Waals surface area contributed by atoms with E-state index in [1.54, 1.807) is 0 Å². The molecule has 1 heterocycles. The predicted octanol–water partition coefficient (Wildman–Crippen LogP) is 0.383. The summed E-state index contributed by atoms with van der Waals surface area (Å²) in [5.74, 6) is 0.735. The number of hydrogen-bond donors (Lipinski definition) is 1. The van der Waals surface area contributed by atoms with E-state index in [1.807, 2.05) is 11.9 Å². The van der Waals surface area contributed by atoms with Gasteiger partial charge >= 0.3 is 6.01 Å². The minimum absolute atomic E-state index is 0.182. The van der Waals surface area contributed by atoms with Crippen LogP contribution in [-0.2, 0) is 0 Å². The first-order valence-electron chi connectivity index (χ1n) is 6.41. The summed E-state index contributed by atoms with van der Waals surface area (Å²) in [5.41, 5.74) is 5.88. The van der Waals surface area contributed by atoms with Gasteiger partial charge in [-0.3, -0.25) is 0 Å². The number of methoxy groups -OCH3 is 1. The zero-order valence-electron chi connectivity index (χ0n) is 12.1. The average molecular weight is 266 g/mol. The molecule has 1 saturated carbocycles. The maximum atomic E-state index is 5.66. The van der Waals surface area contributed by atoms with E-state index in [0.29, 0.717) is 5.95 Å². The van der Waals surface area contributed by atoms with Crippen molar-refractivity contribution < 1.29 is 4.74 Å². The fraction of sp³-hybridized carbons (Fsp3) is 0.750. The van der Waals surface area contributed by atoms with Gasteiger partial charge in [-0.25, -0.2) is 0 Å². The number of anilines is 2. The standard InChI is InChI=1S/C12H22N6O/c1-17(2)12(6-5-7-12)8-18(3)10-14-9(13)15-11(16-10)19-4/h5-8H2,1-4H3,(H2,13,14,15,16). The lowest BCUT2D eigenvalue weighted by Gasteiger charge is -2.49. The molecule has 0 aliphatic heterocycles. The van der Waals surface area contributed by atoms with Crippen LogP contribution in [0.5, 0.6) is 6.01 Å². The summed E-state index contributed by atoms with van der Waals surface area (Å²) in [6, 6.07) is 0.252. The Bertz CT molecular complexity index is 446. The summed E-state index contributed by atoms with van der Waals surface area (Å²) in [4.78, 5) is 16.6. The lowest BCUT2D eigenvalue weighted by Crippen LogP contribution is -2.57. The molecular weight excluding hydrogens is 244 g/mol. The van der Waals surface area contributed by atoms with Crippen LogP contribution >= 0.6 is 0 Å². The Morgan fingerprint density at radius 1 is 1.21 bits per heavy atom. The third kappa shape index (κ3) is 2.70. The first-order valence-corrected chi connectivity index (χ1v) is 6.41. The Kier molecular flexibility index (Phi) is 3.75. The maximum absolute atomic E-state index is 5.66. The summed E-state index contributed by atoms with van der Waals surface area (Å²) in [5, 5.41) is 0. The molecule has 0 bridgehead atoms. The van der Waals surface area contributed by atoms with Gasteiger partial charge in [0.1, 0.15) is 0 Å². The van der Waals surface area contributed by atoms with Crippen LogP contribution in [0.25, 0.3) is 0 Å². The average Bonchev–Trinajstić information content (AvgIpc) is 2.32. The van der Waals surface area contributed by atoms with Gasteiger partial charge in [-0.15, -0.1) is 0 Å². The number of ether oxygens (including phenoxy) is 1. The number of nitrogen functional groups attached to an aromatic ring is 1. The molecule has 0 saturated heterocycles. The van der Waals surface area contributed by atoms with Crippen LogP contribution in [0.1, 0.15) is 19.3 Å². The van der Waals surface area contributed by atoms with Crippen LogP contribution in [0.3, 0.4) is 0 Å². The summed E-state index contributed by atoms with van der Waals surface area (Å²) in [6.45, 7) is 0.868. The third-order valence-electron chi connectivity index (χ3n) is 3.91. The molecule has 2 rings (SSSR count). The molecule has 7 heteroatoms. The number of aromatic nitrogens is 3. The molecule has 1 aromatic heterocycles. The van der Waals surface area contributed by atoms with E-state index in [0.717, 1.165) is 6.54 Å². The van der Waals surface area contributed by atoms with E-state index in [4.69, 9.17) is 10.5 Å². The van der Waals surface area contributed by atoms with Gasteiger partial charge in [-0.1, -0.05) is 0 Å². The molecule has 7 nitrogen and oxygen atoms in total. The molecule has 0 amide bonds. The van der Waals surface area contributed by atoms with E-state index in [1.165, 1.54) is 26.4 Å². The second kappa shape index (κ2) is 5.16. The molecule has 1 aliphatic carbocycles. The van der Waals surface area contributed by atoms with Gasteiger partial charge in [0, 0.05) is 19.1 Å². The lowest BCUT2D eigenvalue weighted by atomic mass is 9.75. The van der Waals surface area contributed by atoms with Crippen molar-refractivity contribution in [1.82, 2.24) is 19.9 Å². The third-order valence-corrected chi connectivity index (χ3v) is 3.91. The van der Waals surface area contributed by atoms with Crippen LogP contribution in [0, 0.1) is 0 Å². The molecule has 0 atom stereocenters. The highest BCUT2D eigenvalue weighted by Crippen LogP contribution is 2.37. The molecule has 0 radical (unpaired) electrons. The second-order valence-corrected chi connectivity index (χ2v) is 5.31. The smallest absolute Gasteiger partial charge is 0.322 e. The van der Waals surface area contributed by atoms with Crippen molar-refractivity contribution in [3.63, 3.8) is 0 Å². The zero-order valence-corrected chi connectivity index (χ0v) is 12.1. The van der Waals surface area contributed by atoms with Crippen LogP contribution < -0.4 is 15.4 Å². The van der Waals surface area contributed by atoms with Gasteiger partial charge in [-0.2, -0.15) is 15.0 Å². The largest absolute Gasteiger partial charge is 0.467 e. The minimum Gasteiger partial charge on any atom is -0.467 e. The van der Waals surface area contributed by atoms with Crippen molar-refractivity contribution in [3.8, 4) is 6.01 Å². The summed E-state index contributed by atoms with van der Waals surface area (Å²) >= 11 is 0. The van der Waals surface area contributed by atoms with Crippen LogP contribution in [-0.4, -0.2) is 60.2 Å². The summed E-state index contributed by atoms with van der Waals surface area (Å²) < 4.78 is 5.02. The number of nitrogens with two attached hydrogens (primary N) is 1. The van der Waals surface area contributed by atoms with Gasteiger partial charge in [-0.05, 0) is 33.4 Å². The fourth-order valence-corrected chi connectivity index (χ4v) is 2.47. The number of likely N-dealkylation sites (N-methyl/N-ethyl adjacent to an activating group) is 2. The topological polar surface area (TPSA) is 80.4 Å². The van der Waals surface area contributed by atoms with Gasteiger partial charge in [0.15, 0.2) is 0 Å². The highest BCUT2D eigenvalue weighted by atomic mass is 16.5. The SMILES string of the molecule is COc1nc(N)nc(N(C)CC2(N(C)C)CCC2)n1. The quantitative estimate of drug-likeness (QED) is 0.825. The highest BCUT2D eigenvalue weighted by Gasteiger charge is 2.40. The van der Waals surface area contributed by atoms with E-state index in [9.17, 15) is 0 Å². The number of hydrogen-bond acceptors (Lipinski definition) is 7. The predicted molar refractivity (Wildman–Crippen MR) is 74.3 cm³/mol. The number of nitrogens with zero attached hydrogens (tertiary/aromatic N) is 5. The van der Waals surface area contributed by atoms with Crippen molar-refractivity contribution in [2.45, 2.75) is 24.8 Å². The van der Waals surface area contributed by atoms with Crippen molar-refractivity contribution in [2.24, 2.45) is 0 Å². The van der Waals surface area contributed by atoms with E-state index in [-0.39, 0.29) is 17.5 Å². The van der Waals surface area contributed by atoms with Crippen LogP contribution in [0.15, 0.2) is 0 Å². The van der Waals surface area contributed by atoms with E-state index < -0.39 is 0 Å². The number of rotatable bonds is 5. The molecule has 0 unspecified atom stereocenters. The van der Waals surface area contributed by atoms with Crippen molar-refractivity contribution in [1.29, 1.82) is 0 Å². The Morgan fingerprint density at radius 3 is 2.37 bits per heavy atom. The van der Waals surface area contributed by atoms with Crippen molar-refractivity contribution >= 4 is 11.9 Å². The van der Waals surface area contributed by atoms with Crippen LogP contribution in [0.2, 0.25) is 0 Å². The molecule has 1 aromatic rings. The van der Waals surface area contributed by atoms with E-state index >= 15 is 0 Å². The minimum atomic E-state index is 0.182. The van der Waals surface area contributed by atoms with Crippen LogP contribution in [0.4, 0.5) is 11.9 Å². The van der Waals surface area contributed by atoms with Crippen molar-refractivity contribution in [2.75, 3.05) is 45.4 Å². The normalized spacial score (nSPS) is 17.1. The van der Waals surface area contributed by atoms with Gasteiger partial charge in [0.2, 0.25) is 11.9 Å². The summed E-state index contributed by atoms with van der Waals surface area (Å²) in [7, 11) is 7.73. The molecule has 0 aromatic carbocycles. The first kappa shape index (κ1) is 13.8. The zero-order chi connectivity index (χ0) is 14.0. The first-order chi connectivity index (χ1) is 8.97. The molecule has 2 N–H and O–H groups in total. The Hall–Kier alpha value is -1.63. The Balaban J connectivity index is 2.15.